The van der Waals surface area contributed by atoms with E-state index in [1.165, 1.54) is 42.2 Å². The summed E-state index contributed by atoms with van der Waals surface area (Å²) >= 11 is 1.33. The SMILES string of the molecule is CCc1nn2c(=O)cc(COC(=O)c3cc(OC)ccc3OC)nc2s1. The van der Waals surface area contributed by atoms with Crippen LogP contribution in [-0.4, -0.2) is 34.8 Å². The Bertz CT molecular complexity index is 1010. The monoisotopic (exact) mass is 375 g/mol. The smallest absolute Gasteiger partial charge is 0.342 e. The van der Waals surface area contributed by atoms with Crippen LogP contribution in [0.15, 0.2) is 29.1 Å². The van der Waals surface area contributed by atoms with Crippen molar-refractivity contribution in [3.05, 3.63) is 50.9 Å². The first-order chi connectivity index (χ1) is 12.5. The largest absolute Gasteiger partial charge is 0.497 e. The molecule has 0 N–H and O–H groups in total. The highest BCUT2D eigenvalue weighted by Crippen LogP contribution is 2.25. The van der Waals surface area contributed by atoms with Gasteiger partial charge in [0, 0.05) is 6.07 Å². The fourth-order valence-electron chi connectivity index (χ4n) is 2.30. The minimum Gasteiger partial charge on any atom is -0.497 e. The van der Waals surface area contributed by atoms with Crippen molar-refractivity contribution >= 4 is 22.3 Å². The van der Waals surface area contributed by atoms with Crippen molar-refractivity contribution < 1.29 is 19.0 Å². The van der Waals surface area contributed by atoms with Gasteiger partial charge in [-0.2, -0.15) is 9.61 Å². The number of aryl methyl sites for hydroxylation is 1. The summed E-state index contributed by atoms with van der Waals surface area (Å²) in [6, 6.07) is 6.14. The second-order valence-corrected chi connectivity index (χ2v) is 6.31. The standard InChI is InChI=1S/C17H17N3O5S/c1-4-14-19-20-15(21)7-10(18-17(20)26-14)9-25-16(22)12-8-11(23-2)5-6-13(12)24-3/h5-8H,4,9H2,1-3H3. The molecule has 26 heavy (non-hydrogen) atoms. The van der Waals surface area contributed by atoms with Crippen molar-refractivity contribution in [3.8, 4) is 11.5 Å². The Kier molecular flexibility index (Phi) is 5.17. The lowest BCUT2D eigenvalue weighted by Gasteiger charge is -2.10. The summed E-state index contributed by atoms with van der Waals surface area (Å²) in [7, 11) is 2.97. The quantitative estimate of drug-likeness (QED) is 0.609. The number of carbonyl (C=O) groups excluding carboxylic acids is 1. The lowest BCUT2D eigenvalue weighted by Crippen LogP contribution is -2.17. The summed E-state index contributed by atoms with van der Waals surface area (Å²) in [5.74, 6) is 0.280. The number of hydrogen-bond donors (Lipinski definition) is 0. The van der Waals surface area contributed by atoms with Gasteiger partial charge < -0.3 is 14.2 Å². The molecular formula is C17H17N3O5S. The van der Waals surface area contributed by atoms with Gasteiger partial charge in [0.05, 0.1) is 19.9 Å². The molecular weight excluding hydrogens is 358 g/mol. The predicted octanol–water partition coefficient (Wildman–Crippen LogP) is 2.09. The van der Waals surface area contributed by atoms with E-state index in [-0.39, 0.29) is 17.7 Å². The maximum absolute atomic E-state index is 12.4. The van der Waals surface area contributed by atoms with E-state index in [2.05, 4.69) is 10.1 Å². The van der Waals surface area contributed by atoms with Gasteiger partial charge >= 0.3 is 5.97 Å². The number of hydrogen-bond acceptors (Lipinski definition) is 8. The molecule has 2 heterocycles. The summed E-state index contributed by atoms with van der Waals surface area (Å²) in [4.78, 5) is 29.3. The Morgan fingerprint density at radius 3 is 2.73 bits per heavy atom. The average molecular weight is 375 g/mol. The van der Waals surface area contributed by atoms with Crippen LogP contribution in [0.5, 0.6) is 11.5 Å². The molecule has 3 rings (SSSR count). The van der Waals surface area contributed by atoms with Crippen LogP contribution in [0, 0.1) is 0 Å². The first-order valence-electron chi connectivity index (χ1n) is 7.83. The van der Waals surface area contributed by atoms with Gasteiger partial charge in [0.25, 0.3) is 5.56 Å². The summed E-state index contributed by atoms with van der Waals surface area (Å²) in [6.07, 6.45) is 0.716. The third kappa shape index (κ3) is 3.52. The fraction of sp³-hybridized carbons (Fsp3) is 0.294. The Morgan fingerprint density at radius 1 is 1.23 bits per heavy atom. The van der Waals surface area contributed by atoms with E-state index in [4.69, 9.17) is 14.2 Å². The molecule has 8 nitrogen and oxygen atoms in total. The van der Waals surface area contributed by atoms with Crippen molar-refractivity contribution in [1.82, 2.24) is 14.6 Å². The molecule has 0 atom stereocenters. The highest BCUT2D eigenvalue weighted by atomic mass is 32.1. The zero-order chi connectivity index (χ0) is 18.7. The topological polar surface area (TPSA) is 92.0 Å². The number of rotatable bonds is 6. The number of ether oxygens (including phenoxy) is 3. The molecule has 1 aromatic carbocycles. The molecule has 0 fully saturated rings. The molecule has 2 aromatic heterocycles. The van der Waals surface area contributed by atoms with Crippen molar-refractivity contribution in [3.63, 3.8) is 0 Å². The third-order valence-electron chi connectivity index (χ3n) is 3.62. The zero-order valence-corrected chi connectivity index (χ0v) is 15.3. The molecule has 0 spiro atoms. The molecule has 0 bridgehead atoms. The Labute approximate surface area is 153 Å². The number of benzene rings is 1. The minimum atomic E-state index is -0.596. The van der Waals surface area contributed by atoms with Crippen LogP contribution < -0.4 is 15.0 Å². The molecule has 0 aliphatic rings. The van der Waals surface area contributed by atoms with Crippen LogP contribution in [0.4, 0.5) is 0 Å². The summed E-state index contributed by atoms with van der Waals surface area (Å²) in [6.45, 7) is 1.82. The first kappa shape index (κ1) is 17.9. The van der Waals surface area contributed by atoms with E-state index in [0.29, 0.717) is 28.6 Å². The van der Waals surface area contributed by atoms with Gasteiger partial charge in [0.2, 0.25) is 4.96 Å². The summed E-state index contributed by atoms with van der Waals surface area (Å²) in [5.41, 5.74) is 0.281. The minimum absolute atomic E-state index is 0.135. The molecule has 0 radical (unpaired) electrons. The van der Waals surface area contributed by atoms with Crippen LogP contribution in [-0.2, 0) is 17.8 Å². The molecule has 9 heteroatoms. The molecule has 136 valence electrons. The van der Waals surface area contributed by atoms with Gasteiger partial charge in [-0.1, -0.05) is 18.3 Å². The van der Waals surface area contributed by atoms with E-state index in [1.807, 2.05) is 6.92 Å². The van der Waals surface area contributed by atoms with E-state index in [0.717, 1.165) is 5.01 Å². The molecule has 3 aromatic rings. The molecule has 0 saturated carbocycles. The maximum Gasteiger partial charge on any atom is 0.342 e. The van der Waals surface area contributed by atoms with Crippen molar-refractivity contribution in [2.75, 3.05) is 14.2 Å². The van der Waals surface area contributed by atoms with Gasteiger partial charge in [-0.25, -0.2) is 9.78 Å². The fourth-order valence-corrected chi connectivity index (χ4v) is 3.16. The van der Waals surface area contributed by atoms with Crippen LogP contribution in [0.25, 0.3) is 4.96 Å². The Morgan fingerprint density at radius 2 is 2.04 bits per heavy atom. The lowest BCUT2D eigenvalue weighted by molar-refractivity contribution is 0.0463. The van der Waals surface area contributed by atoms with Gasteiger partial charge in [0.1, 0.15) is 28.7 Å². The number of esters is 1. The molecule has 0 aliphatic heterocycles. The number of fused-ring (bicyclic) bond motifs is 1. The van der Waals surface area contributed by atoms with Gasteiger partial charge in [-0.15, -0.1) is 0 Å². The first-order valence-corrected chi connectivity index (χ1v) is 8.65. The number of methoxy groups -OCH3 is 2. The van der Waals surface area contributed by atoms with E-state index >= 15 is 0 Å². The summed E-state index contributed by atoms with van der Waals surface area (Å²) in [5, 5.41) is 4.99. The number of carbonyl (C=O) groups is 1. The highest BCUT2D eigenvalue weighted by molar-refractivity contribution is 7.16. The third-order valence-corrected chi connectivity index (χ3v) is 4.67. The summed E-state index contributed by atoms with van der Waals surface area (Å²) < 4.78 is 16.8. The Balaban J connectivity index is 1.81. The van der Waals surface area contributed by atoms with E-state index < -0.39 is 5.97 Å². The highest BCUT2D eigenvalue weighted by Gasteiger charge is 2.16. The van der Waals surface area contributed by atoms with Gasteiger partial charge in [-0.05, 0) is 24.6 Å². The van der Waals surface area contributed by atoms with Crippen molar-refractivity contribution in [1.29, 1.82) is 0 Å². The van der Waals surface area contributed by atoms with E-state index in [1.54, 1.807) is 12.1 Å². The lowest BCUT2D eigenvalue weighted by atomic mass is 10.2. The van der Waals surface area contributed by atoms with Gasteiger partial charge in [0.15, 0.2) is 0 Å². The van der Waals surface area contributed by atoms with Crippen LogP contribution in [0.1, 0.15) is 28.0 Å². The molecule has 0 amide bonds. The van der Waals surface area contributed by atoms with Crippen LogP contribution >= 0.6 is 11.3 Å². The zero-order valence-electron chi connectivity index (χ0n) is 14.5. The average Bonchev–Trinajstić information content (AvgIpc) is 3.09. The second kappa shape index (κ2) is 7.52. The predicted molar refractivity (Wildman–Crippen MR) is 95.2 cm³/mol. The van der Waals surface area contributed by atoms with Crippen molar-refractivity contribution in [2.45, 2.75) is 20.0 Å². The molecule has 0 saturated heterocycles. The number of nitrogens with zero attached hydrogens (tertiary/aromatic N) is 3. The second-order valence-electron chi connectivity index (χ2n) is 5.27. The number of aromatic nitrogens is 3. The van der Waals surface area contributed by atoms with Crippen LogP contribution in [0.2, 0.25) is 0 Å². The van der Waals surface area contributed by atoms with Crippen molar-refractivity contribution in [2.24, 2.45) is 0 Å². The normalized spacial score (nSPS) is 10.7. The molecule has 0 aliphatic carbocycles. The van der Waals surface area contributed by atoms with Crippen LogP contribution in [0.3, 0.4) is 0 Å². The molecule has 0 unspecified atom stereocenters. The van der Waals surface area contributed by atoms with Gasteiger partial charge in [-0.3, -0.25) is 4.79 Å². The maximum atomic E-state index is 12.4. The van der Waals surface area contributed by atoms with E-state index in [9.17, 15) is 9.59 Å². The Hall–Kier alpha value is -2.94.